The van der Waals surface area contributed by atoms with Gasteiger partial charge in [0.25, 0.3) is 5.92 Å². The first-order valence-electron chi connectivity index (χ1n) is 9.74. The number of aliphatic hydroxyl groups is 1. The third-order valence-electron chi connectivity index (χ3n) is 5.04. The van der Waals surface area contributed by atoms with Gasteiger partial charge in [-0.15, -0.1) is 0 Å². The number of hydrogen-bond acceptors (Lipinski definition) is 7. The van der Waals surface area contributed by atoms with Crippen molar-refractivity contribution in [3.05, 3.63) is 48.3 Å². The van der Waals surface area contributed by atoms with E-state index in [4.69, 9.17) is 0 Å². The van der Waals surface area contributed by atoms with E-state index < -0.39 is 30.3 Å². The standard InChI is InChI=1S/C20H21F2N7O2/c1-3-15(30)13-6-11(2)14(9-24-13)27-19-23-4-5-29(19)17-7-16(25-10-26-17)28-18(31)12-8-20(12,21)22/h4-7,9-10,12,15,30H,3,8H2,1-2H3,(H,23,27)(H,25,26,28,31)/t12-,15-/m1/s1. The Morgan fingerprint density at radius 2 is 2.10 bits per heavy atom. The lowest BCUT2D eigenvalue weighted by atomic mass is 10.1. The van der Waals surface area contributed by atoms with Gasteiger partial charge in [-0.3, -0.25) is 14.3 Å². The second-order valence-electron chi connectivity index (χ2n) is 7.36. The molecule has 3 aromatic rings. The Labute approximate surface area is 176 Å². The van der Waals surface area contributed by atoms with Crippen LogP contribution in [0, 0.1) is 12.8 Å². The maximum Gasteiger partial charge on any atom is 0.260 e. The van der Waals surface area contributed by atoms with E-state index in [2.05, 4.69) is 30.6 Å². The molecule has 31 heavy (non-hydrogen) atoms. The van der Waals surface area contributed by atoms with Crippen molar-refractivity contribution in [1.82, 2.24) is 24.5 Å². The van der Waals surface area contributed by atoms with E-state index in [1.54, 1.807) is 29.2 Å². The van der Waals surface area contributed by atoms with Gasteiger partial charge in [-0.05, 0) is 25.0 Å². The van der Waals surface area contributed by atoms with Gasteiger partial charge in [-0.2, -0.15) is 0 Å². The number of rotatable bonds is 7. The molecule has 0 spiro atoms. The molecule has 3 heterocycles. The predicted molar refractivity (Wildman–Crippen MR) is 108 cm³/mol. The highest BCUT2D eigenvalue weighted by molar-refractivity contribution is 5.94. The zero-order valence-electron chi connectivity index (χ0n) is 16.9. The monoisotopic (exact) mass is 429 g/mol. The molecule has 1 fully saturated rings. The second kappa shape index (κ2) is 7.99. The van der Waals surface area contributed by atoms with Gasteiger partial charge in [-0.25, -0.2) is 23.7 Å². The lowest BCUT2D eigenvalue weighted by Gasteiger charge is -2.14. The Kier molecular flexibility index (Phi) is 5.36. The molecule has 0 aromatic carbocycles. The Hall–Kier alpha value is -3.47. The minimum Gasteiger partial charge on any atom is -0.387 e. The van der Waals surface area contributed by atoms with Crippen molar-refractivity contribution in [2.75, 3.05) is 10.6 Å². The topological polar surface area (TPSA) is 118 Å². The van der Waals surface area contributed by atoms with Gasteiger partial charge in [0, 0.05) is 24.9 Å². The Balaban J connectivity index is 1.53. The molecule has 2 atom stereocenters. The average Bonchev–Trinajstić information content (AvgIpc) is 3.16. The maximum absolute atomic E-state index is 13.1. The number of aromatic nitrogens is 5. The summed E-state index contributed by atoms with van der Waals surface area (Å²) < 4.78 is 27.8. The number of alkyl halides is 2. The summed E-state index contributed by atoms with van der Waals surface area (Å²) in [7, 11) is 0. The smallest absolute Gasteiger partial charge is 0.260 e. The number of imidazole rings is 1. The summed E-state index contributed by atoms with van der Waals surface area (Å²) in [6, 6.07) is 3.27. The summed E-state index contributed by atoms with van der Waals surface area (Å²) >= 11 is 0. The summed E-state index contributed by atoms with van der Waals surface area (Å²) in [5.74, 6) is -4.10. The van der Waals surface area contributed by atoms with Crippen LogP contribution in [0.3, 0.4) is 0 Å². The predicted octanol–water partition coefficient (Wildman–Crippen LogP) is 3.15. The number of carbonyl (C=O) groups excluding carboxylic acids is 1. The molecule has 3 N–H and O–H groups in total. The van der Waals surface area contributed by atoms with Crippen molar-refractivity contribution in [2.45, 2.75) is 38.7 Å². The molecule has 162 valence electrons. The summed E-state index contributed by atoms with van der Waals surface area (Å²) in [6.45, 7) is 3.76. The van der Waals surface area contributed by atoms with Crippen LogP contribution in [0.15, 0.2) is 37.1 Å². The number of anilines is 3. The Morgan fingerprint density at radius 3 is 2.77 bits per heavy atom. The molecule has 1 aliphatic rings. The first-order valence-corrected chi connectivity index (χ1v) is 9.74. The Morgan fingerprint density at radius 1 is 1.32 bits per heavy atom. The number of aryl methyl sites for hydroxylation is 1. The van der Waals surface area contributed by atoms with Crippen LogP contribution in [-0.2, 0) is 4.79 Å². The number of halogens is 2. The molecular formula is C20H21F2N7O2. The molecule has 0 saturated heterocycles. The molecule has 0 radical (unpaired) electrons. The number of carbonyl (C=O) groups is 1. The fraction of sp³-hybridized carbons (Fsp3) is 0.350. The molecular weight excluding hydrogens is 408 g/mol. The number of aliphatic hydroxyl groups excluding tert-OH is 1. The third-order valence-corrected chi connectivity index (χ3v) is 5.04. The molecule has 0 unspecified atom stereocenters. The van der Waals surface area contributed by atoms with Crippen molar-refractivity contribution in [2.24, 2.45) is 5.92 Å². The van der Waals surface area contributed by atoms with Crippen LogP contribution < -0.4 is 10.6 Å². The third kappa shape index (κ3) is 4.36. The van der Waals surface area contributed by atoms with E-state index in [1.807, 2.05) is 13.8 Å². The van der Waals surface area contributed by atoms with Gasteiger partial charge in [0.2, 0.25) is 11.9 Å². The summed E-state index contributed by atoms with van der Waals surface area (Å²) in [5.41, 5.74) is 2.15. The van der Waals surface area contributed by atoms with Crippen LogP contribution in [0.1, 0.15) is 37.1 Å². The van der Waals surface area contributed by atoms with E-state index in [0.29, 0.717) is 29.6 Å². The van der Waals surface area contributed by atoms with Gasteiger partial charge in [0.15, 0.2) is 0 Å². The van der Waals surface area contributed by atoms with Crippen molar-refractivity contribution >= 4 is 23.4 Å². The molecule has 0 aliphatic heterocycles. The fourth-order valence-electron chi connectivity index (χ4n) is 3.06. The largest absolute Gasteiger partial charge is 0.387 e. The van der Waals surface area contributed by atoms with E-state index in [0.717, 1.165) is 5.56 Å². The van der Waals surface area contributed by atoms with Gasteiger partial charge < -0.3 is 15.7 Å². The molecule has 11 heteroatoms. The highest BCUT2D eigenvalue weighted by atomic mass is 19.3. The fourth-order valence-corrected chi connectivity index (χ4v) is 3.06. The van der Waals surface area contributed by atoms with E-state index in [1.165, 1.54) is 12.4 Å². The van der Waals surface area contributed by atoms with Crippen molar-refractivity contribution < 1.29 is 18.7 Å². The number of nitrogens with zero attached hydrogens (tertiary/aromatic N) is 5. The van der Waals surface area contributed by atoms with Crippen molar-refractivity contribution in [3.8, 4) is 5.82 Å². The lowest BCUT2D eigenvalue weighted by Crippen LogP contribution is -2.18. The Bertz CT molecular complexity index is 1120. The first-order chi connectivity index (χ1) is 14.8. The van der Waals surface area contributed by atoms with Crippen LogP contribution in [0.5, 0.6) is 0 Å². The zero-order valence-corrected chi connectivity index (χ0v) is 16.9. The van der Waals surface area contributed by atoms with Crippen molar-refractivity contribution in [1.29, 1.82) is 0 Å². The van der Waals surface area contributed by atoms with Gasteiger partial charge in [0.05, 0.1) is 23.7 Å². The number of pyridine rings is 1. The second-order valence-corrected chi connectivity index (χ2v) is 7.36. The van der Waals surface area contributed by atoms with Crippen LogP contribution in [0.4, 0.5) is 26.2 Å². The summed E-state index contributed by atoms with van der Waals surface area (Å²) in [4.78, 5) is 28.6. The van der Waals surface area contributed by atoms with E-state index >= 15 is 0 Å². The van der Waals surface area contributed by atoms with Crippen LogP contribution in [0.25, 0.3) is 5.82 Å². The molecule has 1 saturated carbocycles. The molecule has 0 bridgehead atoms. The van der Waals surface area contributed by atoms with Crippen LogP contribution in [-0.4, -0.2) is 41.4 Å². The molecule has 1 aliphatic carbocycles. The average molecular weight is 429 g/mol. The quantitative estimate of drug-likeness (QED) is 0.528. The lowest BCUT2D eigenvalue weighted by molar-refractivity contribution is -0.119. The van der Waals surface area contributed by atoms with Crippen molar-refractivity contribution in [3.63, 3.8) is 0 Å². The number of amides is 1. The van der Waals surface area contributed by atoms with Gasteiger partial charge in [0.1, 0.15) is 23.9 Å². The number of hydrogen-bond donors (Lipinski definition) is 3. The summed E-state index contributed by atoms with van der Waals surface area (Å²) in [5, 5.41) is 15.5. The number of nitrogens with one attached hydrogen (secondary N) is 2. The van der Waals surface area contributed by atoms with E-state index in [-0.39, 0.29) is 5.82 Å². The molecule has 4 rings (SSSR count). The normalized spacial score (nSPS) is 17.8. The van der Waals surface area contributed by atoms with E-state index in [9.17, 15) is 18.7 Å². The molecule has 1 amide bonds. The zero-order chi connectivity index (χ0) is 22.2. The minimum atomic E-state index is -2.95. The summed E-state index contributed by atoms with van der Waals surface area (Å²) in [6.07, 6.45) is 5.55. The van der Waals surface area contributed by atoms with Crippen LogP contribution >= 0.6 is 0 Å². The van der Waals surface area contributed by atoms with Crippen LogP contribution in [0.2, 0.25) is 0 Å². The minimum absolute atomic E-state index is 0.119. The highest BCUT2D eigenvalue weighted by Gasteiger charge is 2.61. The molecule has 9 nitrogen and oxygen atoms in total. The van der Waals surface area contributed by atoms with Gasteiger partial charge in [-0.1, -0.05) is 6.92 Å². The highest BCUT2D eigenvalue weighted by Crippen LogP contribution is 2.49. The first kappa shape index (κ1) is 20.8. The SMILES string of the molecule is CC[C@@H](O)c1cc(C)c(Nc2nccn2-c2cc(NC(=O)[C@H]3CC3(F)F)ncn2)cn1. The maximum atomic E-state index is 13.1. The van der Waals surface area contributed by atoms with Gasteiger partial charge >= 0.3 is 0 Å². The molecule has 3 aromatic heterocycles.